The van der Waals surface area contributed by atoms with Crippen molar-refractivity contribution in [1.82, 2.24) is 20.4 Å². The lowest BCUT2D eigenvalue weighted by atomic mass is 9.97. The first-order valence-corrected chi connectivity index (χ1v) is 11.5. The highest BCUT2D eigenvalue weighted by atomic mass is 32.1. The van der Waals surface area contributed by atoms with E-state index in [2.05, 4.69) is 34.7 Å². The van der Waals surface area contributed by atoms with Gasteiger partial charge in [-0.3, -0.25) is 14.4 Å². The number of piperidine rings is 1. The monoisotopic (exact) mass is 459 g/mol. The molecule has 172 valence electrons. The number of aromatic nitrogens is 2. The number of benzene rings is 1. The van der Waals surface area contributed by atoms with Crippen LogP contribution < -0.4 is 15.4 Å². The van der Waals surface area contributed by atoms with Crippen molar-refractivity contribution in [1.29, 1.82) is 0 Å². The molecule has 1 aromatic carbocycles. The van der Waals surface area contributed by atoms with Gasteiger partial charge in [-0.25, -0.2) is 0 Å². The quantitative estimate of drug-likeness (QED) is 0.628. The number of rotatable bonds is 8. The summed E-state index contributed by atoms with van der Waals surface area (Å²) >= 11 is 0.946. The van der Waals surface area contributed by atoms with Gasteiger partial charge in [0.25, 0.3) is 11.8 Å². The zero-order chi connectivity index (χ0) is 23.1. The molecule has 32 heavy (non-hydrogen) atoms. The molecular weight excluding hydrogens is 430 g/mol. The van der Waals surface area contributed by atoms with Crippen LogP contribution in [0.3, 0.4) is 0 Å². The maximum Gasteiger partial charge on any atom is 0.286 e. The summed E-state index contributed by atoms with van der Waals surface area (Å²) in [6.45, 7) is 5.77. The molecule has 1 aliphatic rings. The molecule has 0 bridgehead atoms. The Balaban J connectivity index is 1.57. The topological polar surface area (TPSA) is 114 Å². The summed E-state index contributed by atoms with van der Waals surface area (Å²) in [6, 6.07) is 6.89. The van der Waals surface area contributed by atoms with Crippen molar-refractivity contribution in [3.8, 4) is 5.75 Å². The molecule has 10 heteroatoms. The van der Waals surface area contributed by atoms with E-state index < -0.39 is 5.91 Å². The van der Waals surface area contributed by atoms with Crippen LogP contribution in [0.5, 0.6) is 5.75 Å². The molecule has 1 unspecified atom stereocenters. The fourth-order valence-corrected chi connectivity index (χ4v) is 4.11. The van der Waals surface area contributed by atoms with Crippen molar-refractivity contribution < 1.29 is 19.1 Å². The lowest BCUT2D eigenvalue weighted by Gasteiger charge is -2.31. The van der Waals surface area contributed by atoms with Gasteiger partial charge in [0.1, 0.15) is 5.75 Å². The first-order valence-electron chi connectivity index (χ1n) is 10.7. The number of ether oxygens (including phenoxy) is 1. The fourth-order valence-electron chi connectivity index (χ4n) is 3.40. The van der Waals surface area contributed by atoms with Gasteiger partial charge in [0.05, 0.1) is 13.0 Å². The number of carbonyl (C=O) groups excluding carboxylic acids is 3. The van der Waals surface area contributed by atoms with Crippen LogP contribution in [-0.2, 0) is 4.79 Å². The standard InChI is InChI=1S/C22H29N5O4S/c1-14(2)10-11-23-18(28)15-5-4-12-27(13-15)22(30)21-26-25-20(32-21)19(29)24-16-6-8-17(31-3)9-7-16/h6-9,14-15H,4-5,10-13H2,1-3H3,(H,23,28)(H,24,29). The predicted molar refractivity (Wildman–Crippen MR) is 122 cm³/mol. The Morgan fingerprint density at radius 3 is 2.59 bits per heavy atom. The second-order valence-electron chi connectivity index (χ2n) is 8.16. The summed E-state index contributed by atoms with van der Waals surface area (Å²) in [7, 11) is 1.57. The van der Waals surface area contributed by atoms with Gasteiger partial charge in [-0.15, -0.1) is 10.2 Å². The van der Waals surface area contributed by atoms with Gasteiger partial charge in [-0.2, -0.15) is 0 Å². The number of carbonyl (C=O) groups is 3. The maximum absolute atomic E-state index is 12.9. The molecule has 0 radical (unpaired) electrons. The summed E-state index contributed by atoms with van der Waals surface area (Å²) in [5.41, 5.74) is 0.584. The highest BCUT2D eigenvalue weighted by Gasteiger charge is 2.30. The molecule has 2 N–H and O–H groups in total. The highest BCUT2D eigenvalue weighted by molar-refractivity contribution is 7.15. The average molecular weight is 460 g/mol. The van der Waals surface area contributed by atoms with Crippen molar-refractivity contribution in [3.63, 3.8) is 0 Å². The van der Waals surface area contributed by atoms with Gasteiger partial charge in [0, 0.05) is 25.3 Å². The van der Waals surface area contributed by atoms with E-state index >= 15 is 0 Å². The molecule has 1 aliphatic heterocycles. The Bertz CT molecular complexity index is 944. The van der Waals surface area contributed by atoms with E-state index in [1.54, 1.807) is 36.3 Å². The predicted octanol–water partition coefficient (Wildman–Crippen LogP) is 2.81. The Morgan fingerprint density at radius 1 is 1.19 bits per heavy atom. The van der Waals surface area contributed by atoms with Crippen molar-refractivity contribution in [2.75, 3.05) is 32.1 Å². The summed E-state index contributed by atoms with van der Waals surface area (Å²) in [5.74, 6) is 0.220. The van der Waals surface area contributed by atoms with Gasteiger partial charge in [0.15, 0.2) is 0 Å². The number of nitrogens with one attached hydrogen (secondary N) is 2. The normalized spacial score (nSPS) is 16.0. The number of anilines is 1. The van der Waals surface area contributed by atoms with Crippen molar-refractivity contribution in [2.45, 2.75) is 33.1 Å². The van der Waals surface area contributed by atoms with Gasteiger partial charge >= 0.3 is 0 Å². The van der Waals surface area contributed by atoms with Crippen LogP contribution in [0.2, 0.25) is 0 Å². The number of methoxy groups -OCH3 is 1. The third-order valence-electron chi connectivity index (χ3n) is 5.25. The van der Waals surface area contributed by atoms with E-state index in [9.17, 15) is 14.4 Å². The van der Waals surface area contributed by atoms with Crippen LogP contribution in [0.15, 0.2) is 24.3 Å². The molecule has 9 nitrogen and oxygen atoms in total. The lowest BCUT2D eigenvalue weighted by Crippen LogP contribution is -2.45. The molecule has 2 aromatic rings. The summed E-state index contributed by atoms with van der Waals surface area (Å²) in [6.07, 6.45) is 2.42. The van der Waals surface area contributed by atoms with Gasteiger partial charge in [-0.05, 0) is 49.4 Å². The van der Waals surface area contributed by atoms with Crippen LogP contribution >= 0.6 is 11.3 Å². The molecule has 0 saturated carbocycles. The summed E-state index contributed by atoms with van der Waals surface area (Å²) < 4.78 is 5.10. The Labute approximate surface area is 191 Å². The number of hydrogen-bond acceptors (Lipinski definition) is 7. The van der Waals surface area contributed by atoms with E-state index in [-0.39, 0.29) is 27.7 Å². The molecule has 3 rings (SSSR count). The summed E-state index contributed by atoms with van der Waals surface area (Å²) in [5, 5.41) is 13.7. The van der Waals surface area contributed by atoms with Crippen LogP contribution in [0.1, 0.15) is 52.7 Å². The molecule has 3 amide bonds. The van der Waals surface area contributed by atoms with E-state index in [4.69, 9.17) is 4.74 Å². The van der Waals surface area contributed by atoms with Crippen molar-refractivity contribution in [3.05, 3.63) is 34.3 Å². The van der Waals surface area contributed by atoms with Crippen LogP contribution in [-0.4, -0.2) is 59.6 Å². The van der Waals surface area contributed by atoms with Gasteiger partial charge < -0.3 is 20.3 Å². The number of amides is 3. The second-order valence-corrected chi connectivity index (χ2v) is 9.14. The van der Waals surface area contributed by atoms with Crippen molar-refractivity contribution in [2.24, 2.45) is 11.8 Å². The molecule has 1 aromatic heterocycles. The van der Waals surface area contributed by atoms with Gasteiger partial charge in [-0.1, -0.05) is 25.2 Å². The van der Waals surface area contributed by atoms with Crippen LogP contribution in [0.4, 0.5) is 5.69 Å². The third kappa shape index (κ3) is 6.25. The van der Waals surface area contributed by atoms with E-state index in [1.807, 2.05) is 0 Å². The highest BCUT2D eigenvalue weighted by Crippen LogP contribution is 2.21. The van der Waals surface area contributed by atoms with Crippen LogP contribution in [0, 0.1) is 11.8 Å². The Morgan fingerprint density at radius 2 is 1.91 bits per heavy atom. The Hall–Kier alpha value is -3.01. The first kappa shape index (κ1) is 23.6. The number of hydrogen-bond donors (Lipinski definition) is 2. The van der Waals surface area contributed by atoms with Crippen LogP contribution in [0.25, 0.3) is 0 Å². The molecular formula is C22H29N5O4S. The molecule has 0 spiro atoms. The molecule has 2 heterocycles. The second kappa shape index (κ2) is 11.0. The lowest BCUT2D eigenvalue weighted by molar-refractivity contribution is -0.126. The molecule has 0 aliphatic carbocycles. The molecule has 1 atom stereocenters. The molecule has 1 saturated heterocycles. The summed E-state index contributed by atoms with van der Waals surface area (Å²) in [4.78, 5) is 39.4. The van der Waals surface area contributed by atoms with Gasteiger partial charge in [0.2, 0.25) is 15.9 Å². The average Bonchev–Trinajstić information content (AvgIpc) is 3.29. The fraction of sp³-hybridized carbons (Fsp3) is 0.500. The van der Waals surface area contributed by atoms with E-state index in [0.29, 0.717) is 37.0 Å². The Kier molecular flexibility index (Phi) is 8.15. The zero-order valence-corrected chi connectivity index (χ0v) is 19.4. The number of likely N-dealkylation sites (tertiary alicyclic amines) is 1. The molecule has 1 fully saturated rings. The number of nitrogens with zero attached hydrogens (tertiary/aromatic N) is 3. The minimum absolute atomic E-state index is 0.0139. The zero-order valence-electron chi connectivity index (χ0n) is 18.6. The largest absolute Gasteiger partial charge is 0.497 e. The van der Waals surface area contributed by atoms with E-state index in [1.165, 1.54) is 0 Å². The minimum Gasteiger partial charge on any atom is -0.497 e. The SMILES string of the molecule is COc1ccc(NC(=O)c2nnc(C(=O)N3CCCC(C(=O)NCCC(C)C)C3)s2)cc1. The first-order chi connectivity index (χ1) is 15.4. The smallest absolute Gasteiger partial charge is 0.286 e. The van der Waals surface area contributed by atoms with Crippen molar-refractivity contribution >= 4 is 34.7 Å². The maximum atomic E-state index is 12.9. The minimum atomic E-state index is -0.437. The van der Waals surface area contributed by atoms with E-state index in [0.717, 1.165) is 30.6 Å². The third-order valence-corrected chi connectivity index (χ3v) is 6.16.